The lowest BCUT2D eigenvalue weighted by atomic mass is 9.74. The van der Waals surface area contributed by atoms with Crippen LogP contribution in [-0.2, 0) is 0 Å². The third-order valence-electron chi connectivity index (χ3n) is 6.04. The van der Waals surface area contributed by atoms with E-state index in [1.54, 1.807) is 0 Å². The maximum absolute atomic E-state index is 13.4. The van der Waals surface area contributed by atoms with Gasteiger partial charge >= 0.3 is 0 Å². The maximum atomic E-state index is 13.4. The highest BCUT2D eigenvalue weighted by atomic mass is 16.4. The number of carbonyl (C=O) groups excluding carboxylic acids is 1. The summed E-state index contributed by atoms with van der Waals surface area (Å²) in [4.78, 5) is 13.4. The predicted octanol–water partition coefficient (Wildman–Crippen LogP) is 7.01. The SMILES string of the molecule is Cc1ccc(C(CC(=O)c2ccccc2)C(C(=NO)c2ccccc2)c2ccccc2)cc1. The van der Waals surface area contributed by atoms with Gasteiger partial charge in [0.1, 0.15) is 0 Å². The molecule has 0 aromatic heterocycles. The van der Waals surface area contributed by atoms with Gasteiger partial charge in [0, 0.05) is 23.8 Å². The van der Waals surface area contributed by atoms with E-state index >= 15 is 0 Å². The molecule has 4 rings (SSSR count). The van der Waals surface area contributed by atoms with Crippen LogP contribution in [-0.4, -0.2) is 16.7 Å². The zero-order valence-electron chi connectivity index (χ0n) is 18.6. The van der Waals surface area contributed by atoms with Gasteiger partial charge in [-0.25, -0.2) is 0 Å². The molecule has 0 heterocycles. The monoisotopic (exact) mass is 433 g/mol. The fourth-order valence-corrected chi connectivity index (χ4v) is 4.33. The van der Waals surface area contributed by atoms with Crippen LogP contribution in [0, 0.1) is 6.92 Å². The highest BCUT2D eigenvalue weighted by molar-refractivity contribution is 6.06. The van der Waals surface area contributed by atoms with Crippen LogP contribution >= 0.6 is 0 Å². The van der Waals surface area contributed by atoms with E-state index in [1.807, 2.05) is 97.9 Å². The Morgan fingerprint density at radius 1 is 0.697 bits per heavy atom. The number of aryl methyl sites for hydroxylation is 1. The second-order valence-electron chi connectivity index (χ2n) is 8.25. The van der Waals surface area contributed by atoms with Gasteiger partial charge in [-0.2, -0.15) is 0 Å². The predicted molar refractivity (Wildman–Crippen MR) is 133 cm³/mol. The summed E-state index contributed by atoms with van der Waals surface area (Å²) >= 11 is 0. The first-order valence-electron chi connectivity index (χ1n) is 11.1. The third-order valence-corrected chi connectivity index (χ3v) is 6.04. The highest BCUT2D eigenvalue weighted by Gasteiger charge is 2.32. The molecule has 0 saturated carbocycles. The Balaban J connectivity index is 1.85. The van der Waals surface area contributed by atoms with E-state index in [0.717, 1.165) is 22.3 Å². The molecule has 3 nitrogen and oxygen atoms in total. The van der Waals surface area contributed by atoms with E-state index in [4.69, 9.17) is 0 Å². The molecule has 0 spiro atoms. The molecule has 2 unspecified atom stereocenters. The Labute approximate surface area is 195 Å². The third kappa shape index (κ3) is 5.27. The van der Waals surface area contributed by atoms with Crippen molar-refractivity contribution in [2.75, 3.05) is 0 Å². The Hall–Kier alpha value is -3.98. The van der Waals surface area contributed by atoms with Crippen molar-refractivity contribution in [2.45, 2.75) is 25.2 Å². The molecule has 0 aliphatic rings. The van der Waals surface area contributed by atoms with E-state index < -0.39 is 0 Å². The summed E-state index contributed by atoms with van der Waals surface area (Å²) in [6, 6.07) is 37.3. The molecule has 164 valence electrons. The Bertz CT molecular complexity index is 1200. The van der Waals surface area contributed by atoms with Crippen LogP contribution in [0.2, 0.25) is 0 Å². The van der Waals surface area contributed by atoms with Crippen LogP contribution in [0.5, 0.6) is 0 Å². The second kappa shape index (κ2) is 10.6. The van der Waals surface area contributed by atoms with Gasteiger partial charge in [0.05, 0.1) is 5.71 Å². The number of oxime groups is 1. The molecular weight excluding hydrogens is 406 g/mol. The van der Waals surface area contributed by atoms with Crippen LogP contribution in [0.4, 0.5) is 0 Å². The van der Waals surface area contributed by atoms with Gasteiger partial charge in [0.15, 0.2) is 5.78 Å². The minimum atomic E-state index is -0.311. The van der Waals surface area contributed by atoms with E-state index in [9.17, 15) is 10.0 Å². The zero-order chi connectivity index (χ0) is 23.0. The molecule has 1 N–H and O–H groups in total. The average molecular weight is 434 g/mol. The van der Waals surface area contributed by atoms with Crippen LogP contribution in [0.25, 0.3) is 0 Å². The molecule has 4 aromatic carbocycles. The van der Waals surface area contributed by atoms with Gasteiger partial charge in [0.2, 0.25) is 0 Å². The van der Waals surface area contributed by atoms with Crippen molar-refractivity contribution in [3.8, 4) is 0 Å². The number of Topliss-reactive ketones (excluding diaryl/α,β-unsaturated/α-hetero) is 1. The molecule has 4 aromatic rings. The van der Waals surface area contributed by atoms with Gasteiger partial charge in [-0.1, -0.05) is 126 Å². The summed E-state index contributed by atoms with van der Waals surface area (Å²) in [6.07, 6.45) is 0.290. The number of ketones is 1. The van der Waals surface area contributed by atoms with Crippen molar-refractivity contribution in [2.24, 2.45) is 5.16 Å². The summed E-state index contributed by atoms with van der Waals surface area (Å²) in [6.45, 7) is 2.05. The molecule has 33 heavy (non-hydrogen) atoms. The number of carbonyl (C=O) groups is 1. The number of rotatable bonds is 8. The van der Waals surface area contributed by atoms with Crippen molar-refractivity contribution in [1.82, 2.24) is 0 Å². The molecule has 0 aliphatic carbocycles. The Morgan fingerprint density at radius 3 is 1.76 bits per heavy atom. The molecule has 0 radical (unpaired) electrons. The van der Waals surface area contributed by atoms with Gasteiger partial charge in [-0.15, -0.1) is 0 Å². The first-order chi connectivity index (χ1) is 16.2. The van der Waals surface area contributed by atoms with E-state index in [0.29, 0.717) is 17.7 Å². The van der Waals surface area contributed by atoms with E-state index in [2.05, 4.69) is 29.4 Å². The number of hydrogen-bond donors (Lipinski definition) is 1. The standard InChI is InChI=1S/C30H27NO2/c1-22-17-19-23(20-18-22)27(21-28(32)24-11-5-2-6-12-24)29(25-13-7-3-8-14-25)30(31-33)26-15-9-4-10-16-26/h2-20,27,29,33H,21H2,1H3. The van der Waals surface area contributed by atoms with Crippen LogP contribution in [0.3, 0.4) is 0 Å². The van der Waals surface area contributed by atoms with Gasteiger partial charge in [-0.05, 0) is 23.6 Å². The summed E-state index contributed by atoms with van der Waals surface area (Å²) in [7, 11) is 0. The van der Waals surface area contributed by atoms with Crippen molar-refractivity contribution in [3.63, 3.8) is 0 Å². The van der Waals surface area contributed by atoms with Gasteiger partial charge < -0.3 is 5.21 Å². The van der Waals surface area contributed by atoms with Gasteiger partial charge in [0.25, 0.3) is 0 Å². The molecule has 2 atom stereocenters. The zero-order valence-corrected chi connectivity index (χ0v) is 18.6. The summed E-state index contributed by atoms with van der Waals surface area (Å²) in [5, 5.41) is 14.0. The van der Waals surface area contributed by atoms with E-state index in [-0.39, 0.29) is 17.6 Å². The molecular formula is C30H27NO2. The van der Waals surface area contributed by atoms with Crippen molar-refractivity contribution in [1.29, 1.82) is 0 Å². The van der Waals surface area contributed by atoms with E-state index in [1.165, 1.54) is 0 Å². The number of nitrogens with zero attached hydrogens (tertiary/aromatic N) is 1. The van der Waals surface area contributed by atoms with Crippen LogP contribution in [0.15, 0.2) is 120 Å². The highest BCUT2D eigenvalue weighted by Crippen LogP contribution is 2.39. The topological polar surface area (TPSA) is 49.7 Å². The summed E-state index contributed by atoms with van der Waals surface area (Å²) < 4.78 is 0. The lowest BCUT2D eigenvalue weighted by Crippen LogP contribution is -2.24. The smallest absolute Gasteiger partial charge is 0.163 e. The molecule has 0 fully saturated rings. The second-order valence-corrected chi connectivity index (χ2v) is 8.25. The van der Waals surface area contributed by atoms with Crippen LogP contribution < -0.4 is 0 Å². The fourth-order valence-electron chi connectivity index (χ4n) is 4.33. The maximum Gasteiger partial charge on any atom is 0.163 e. The molecule has 0 aliphatic heterocycles. The fraction of sp³-hybridized carbons (Fsp3) is 0.133. The summed E-state index contributed by atoms with van der Waals surface area (Å²) in [5.74, 6) is -0.465. The summed E-state index contributed by atoms with van der Waals surface area (Å²) in [5.41, 5.74) is 5.26. The number of hydrogen-bond acceptors (Lipinski definition) is 3. The Kier molecular flexibility index (Phi) is 7.11. The average Bonchev–Trinajstić information content (AvgIpc) is 2.88. The first kappa shape index (κ1) is 22.2. The minimum Gasteiger partial charge on any atom is -0.411 e. The molecule has 0 amide bonds. The number of benzene rings is 4. The van der Waals surface area contributed by atoms with Gasteiger partial charge in [-0.3, -0.25) is 4.79 Å². The first-order valence-corrected chi connectivity index (χ1v) is 11.1. The normalized spacial score (nSPS) is 13.3. The molecule has 0 bridgehead atoms. The van der Waals surface area contributed by atoms with Crippen molar-refractivity contribution < 1.29 is 10.0 Å². The van der Waals surface area contributed by atoms with Crippen molar-refractivity contribution >= 4 is 11.5 Å². The largest absolute Gasteiger partial charge is 0.411 e. The lowest BCUT2D eigenvalue weighted by molar-refractivity contribution is 0.0972. The minimum absolute atomic E-state index is 0.0625. The molecule has 0 saturated heterocycles. The quantitative estimate of drug-likeness (QED) is 0.141. The van der Waals surface area contributed by atoms with Crippen molar-refractivity contribution in [3.05, 3.63) is 143 Å². The molecule has 3 heteroatoms. The van der Waals surface area contributed by atoms with Crippen LogP contribution in [0.1, 0.15) is 50.9 Å². The Morgan fingerprint density at radius 2 is 1.21 bits per heavy atom. The lowest BCUT2D eigenvalue weighted by Gasteiger charge is -2.29.